The van der Waals surface area contributed by atoms with Gasteiger partial charge in [0, 0.05) is 5.02 Å². The van der Waals surface area contributed by atoms with Crippen LogP contribution in [0.2, 0.25) is 5.02 Å². The molecule has 3 aromatic carbocycles. The van der Waals surface area contributed by atoms with E-state index in [0.29, 0.717) is 20.8 Å². The number of ether oxygens (including phenoxy) is 1. The quantitative estimate of drug-likeness (QED) is 0.465. The molecule has 1 saturated heterocycles. The van der Waals surface area contributed by atoms with Crippen molar-refractivity contribution in [1.29, 1.82) is 0 Å². The van der Waals surface area contributed by atoms with E-state index < -0.39 is 0 Å². The van der Waals surface area contributed by atoms with Gasteiger partial charge in [-0.2, -0.15) is 0 Å². The Hall–Kier alpha value is -3.09. The van der Waals surface area contributed by atoms with Gasteiger partial charge in [0.1, 0.15) is 18.2 Å². The van der Waals surface area contributed by atoms with E-state index >= 15 is 0 Å². The molecule has 3 aromatic rings. The molecule has 1 aliphatic heterocycles. The molecule has 1 heterocycles. The van der Waals surface area contributed by atoms with Crippen LogP contribution in [0.3, 0.4) is 0 Å². The van der Waals surface area contributed by atoms with E-state index in [4.69, 9.17) is 16.3 Å². The third kappa shape index (κ3) is 5.34. The van der Waals surface area contributed by atoms with E-state index in [0.717, 1.165) is 22.4 Å². The van der Waals surface area contributed by atoms with Gasteiger partial charge in [-0.15, -0.1) is 0 Å². The van der Waals surface area contributed by atoms with Gasteiger partial charge in [-0.25, -0.2) is 9.38 Å². The second-order valence-electron chi connectivity index (χ2n) is 6.85. The van der Waals surface area contributed by atoms with Crippen LogP contribution in [0.5, 0.6) is 5.75 Å². The van der Waals surface area contributed by atoms with Crippen LogP contribution in [-0.4, -0.2) is 11.1 Å². The molecule has 0 aromatic heterocycles. The first-order valence-electron chi connectivity index (χ1n) is 9.50. The minimum absolute atomic E-state index is 0.199. The number of nitrogens with one attached hydrogen (secondary N) is 1. The lowest BCUT2D eigenvalue weighted by Crippen LogP contribution is -2.19. The van der Waals surface area contributed by atoms with Crippen molar-refractivity contribution in [3.63, 3.8) is 0 Å². The van der Waals surface area contributed by atoms with Crippen LogP contribution in [0, 0.1) is 12.7 Å². The minimum Gasteiger partial charge on any atom is -0.489 e. The molecule has 156 valence electrons. The zero-order chi connectivity index (χ0) is 21.8. The first kappa shape index (κ1) is 21.2. The molecule has 0 unspecified atom stereocenters. The van der Waals surface area contributed by atoms with Crippen LogP contribution in [0.25, 0.3) is 6.08 Å². The van der Waals surface area contributed by atoms with Gasteiger partial charge < -0.3 is 10.1 Å². The van der Waals surface area contributed by atoms with Gasteiger partial charge >= 0.3 is 0 Å². The highest BCUT2D eigenvalue weighted by Crippen LogP contribution is 2.31. The van der Waals surface area contributed by atoms with E-state index in [-0.39, 0.29) is 18.3 Å². The van der Waals surface area contributed by atoms with Crippen LogP contribution in [0.4, 0.5) is 10.1 Å². The van der Waals surface area contributed by atoms with Crippen molar-refractivity contribution in [2.75, 3.05) is 0 Å². The van der Waals surface area contributed by atoms with Crippen molar-refractivity contribution in [2.24, 2.45) is 4.99 Å². The molecule has 1 N–H and O–H groups in total. The van der Waals surface area contributed by atoms with E-state index in [1.807, 2.05) is 49.4 Å². The number of rotatable bonds is 5. The van der Waals surface area contributed by atoms with Crippen LogP contribution < -0.4 is 10.1 Å². The molecule has 0 radical (unpaired) electrons. The molecule has 31 heavy (non-hydrogen) atoms. The van der Waals surface area contributed by atoms with Gasteiger partial charge in [0.25, 0.3) is 5.91 Å². The van der Waals surface area contributed by atoms with Crippen LogP contribution in [-0.2, 0) is 11.4 Å². The van der Waals surface area contributed by atoms with Crippen LogP contribution in [0.15, 0.2) is 76.6 Å². The third-order valence-corrected chi connectivity index (χ3v) is 5.90. The summed E-state index contributed by atoms with van der Waals surface area (Å²) in [5.74, 6) is 0.173. The largest absolute Gasteiger partial charge is 0.489 e. The molecule has 0 spiro atoms. The normalized spacial score (nSPS) is 16.0. The fourth-order valence-corrected chi connectivity index (χ4v) is 3.92. The lowest BCUT2D eigenvalue weighted by atomic mass is 10.2. The lowest BCUT2D eigenvalue weighted by Gasteiger charge is -2.06. The molecule has 7 heteroatoms. The molecule has 0 saturated carbocycles. The number of hydrogen-bond donors (Lipinski definition) is 1. The Morgan fingerprint density at radius 1 is 1.13 bits per heavy atom. The summed E-state index contributed by atoms with van der Waals surface area (Å²) in [4.78, 5) is 17.4. The number of benzene rings is 3. The maximum atomic E-state index is 13.2. The summed E-state index contributed by atoms with van der Waals surface area (Å²) in [6.07, 6.45) is 1.80. The molecule has 4 nitrogen and oxygen atoms in total. The maximum Gasteiger partial charge on any atom is 0.264 e. The third-order valence-electron chi connectivity index (χ3n) is 4.58. The molecule has 4 rings (SSSR count). The number of nitrogens with zero attached hydrogens (tertiary/aromatic N) is 1. The van der Waals surface area contributed by atoms with Crippen molar-refractivity contribution in [3.8, 4) is 5.75 Å². The average Bonchev–Trinajstić information content (AvgIpc) is 3.09. The van der Waals surface area contributed by atoms with Gasteiger partial charge in [-0.3, -0.25) is 4.79 Å². The monoisotopic (exact) mass is 452 g/mol. The number of carbonyl (C=O) groups excluding carboxylic acids is 1. The lowest BCUT2D eigenvalue weighted by molar-refractivity contribution is -0.115. The summed E-state index contributed by atoms with van der Waals surface area (Å²) in [5.41, 5.74) is 3.19. The van der Waals surface area contributed by atoms with Crippen molar-refractivity contribution >= 4 is 46.2 Å². The van der Waals surface area contributed by atoms with Crippen molar-refractivity contribution in [2.45, 2.75) is 13.5 Å². The smallest absolute Gasteiger partial charge is 0.264 e. The molecule has 1 aliphatic rings. The predicted octanol–water partition coefficient (Wildman–Crippen LogP) is 6.26. The SMILES string of the molecule is Cc1c(Cl)cccc1N=C1NC(=O)/C(=C/c2ccc(OCc3cccc(F)c3)cc2)S1. The summed E-state index contributed by atoms with van der Waals surface area (Å²) in [5, 5.41) is 3.92. The maximum absolute atomic E-state index is 13.2. The highest BCUT2D eigenvalue weighted by molar-refractivity contribution is 8.18. The van der Waals surface area contributed by atoms with E-state index in [1.54, 1.807) is 18.2 Å². The summed E-state index contributed by atoms with van der Waals surface area (Å²) in [7, 11) is 0. The molecular formula is C24H18ClFN2O2S. The number of aliphatic imine (C=N–C) groups is 1. The second-order valence-corrected chi connectivity index (χ2v) is 8.29. The van der Waals surface area contributed by atoms with Gasteiger partial charge in [0.2, 0.25) is 0 Å². The van der Waals surface area contributed by atoms with Crippen LogP contribution >= 0.6 is 23.4 Å². The average molecular weight is 453 g/mol. The van der Waals surface area contributed by atoms with Gasteiger partial charge in [0.15, 0.2) is 5.17 Å². The van der Waals surface area contributed by atoms with Gasteiger partial charge in [-0.05, 0) is 77.9 Å². The molecule has 0 atom stereocenters. The number of thioether (sulfide) groups is 1. The molecule has 1 fully saturated rings. The molecule has 0 aliphatic carbocycles. The Morgan fingerprint density at radius 3 is 2.68 bits per heavy atom. The van der Waals surface area contributed by atoms with Crippen molar-refractivity contribution < 1.29 is 13.9 Å². The van der Waals surface area contributed by atoms with Crippen LogP contribution in [0.1, 0.15) is 16.7 Å². The first-order chi connectivity index (χ1) is 15.0. The Kier molecular flexibility index (Phi) is 6.39. The van der Waals surface area contributed by atoms with Crippen molar-refractivity contribution in [3.05, 3.63) is 99.2 Å². The summed E-state index contributed by atoms with van der Waals surface area (Å²) in [6, 6.07) is 19.1. The second kappa shape index (κ2) is 9.37. The summed E-state index contributed by atoms with van der Waals surface area (Å²) < 4.78 is 18.9. The number of carbonyl (C=O) groups is 1. The minimum atomic E-state index is -0.288. The zero-order valence-corrected chi connectivity index (χ0v) is 18.1. The highest BCUT2D eigenvalue weighted by atomic mass is 35.5. The van der Waals surface area contributed by atoms with E-state index in [9.17, 15) is 9.18 Å². The predicted molar refractivity (Wildman–Crippen MR) is 124 cm³/mol. The Balaban J connectivity index is 1.43. The number of amides is 1. The Labute approximate surface area is 188 Å². The van der Waals surface area contributed by atoms with Gasteiger partial charge in [-0.1, -0.05) is 41.9 Å². The fraction of sp³-hybridized carbons (Fsp3) is 0.0833. The Morgan fingerprint density at radius 2 is 1.90 bits per heavy atom. The molecular weight excluding hydrogens is 435 g/mol. The number of amidine groups is 1. The Bertz CT molecular complexity index is 1190. The zero-order valence-electron chi connectivity index (χ0n) is 16.6. The van der Waals surface area contributed by atoms with E-state index in [1.165, 1.54) is 23.9 Å². The first-order valence-corrected chi connectivity index (χ1v) is 10.7. The topological polar surface area (TPSA) is 50.7 Å². The van der Waals surface area contributed by atoms with E-state index in [2.05, 4.69) is 10.3 Å². The van der Waals surface area contributed by atoms with Crippen molar-refractivity contribution in [1.82, 2.24) is 5.32 Å². The number of halogens is 2. The molecule has 1 amide bonds. The summed E-state index contributed by atoms with van der Waals surface area (Å²) in [6.45, 7) is 2.16. The highest BCUT2D eigenvalue weighted by Gasteiger charge is 2.24. The standard InChI is InChI=1S/C24H18ClFN2O2S/c1-15-20(25)6-3-7-21(15)27-24-28-23(29)22(31-24)13-16-8-10-19(11-9-16)30-14-17-4-2-5-18(26)12-17/h2-13H,14H2,1H3,(H,27,28,29)/b22-13-. The number of hydrogen-bond acceptors (Lipinski definition) is 4. The van der Waals surface area contributed by atoms with Gasteiger partial charge in [0.05, 0.1) is 10.6 Å². The summed E-state index contributed by atoms with van der Waals surface area (Å²) >= 11 is 7.42. The fourth-order valence-electron chi connectivity index (χ4n) is 2.91. The molecule has 0 bridgehead atoms.